The van der Waals surface area contributed by atoms with Gasteiger partial charge in [-0.3, -0.25) is 4.79 Å². The summed E-state index contributed by atoms with van der Waals surface area (Å²) in [5, 5.41) is 8.49. The summed E-state index contributed by atoms with van der Waals surface area (Å²) in [6.45, 7) is -0.374. The van der Waals surface area contributed by atoms with E-state index in [1.54, 1.807) is 6.07 Å². The van der Waals surface area contributed by atoms with Crippen molar-refractivity contribution in [3.8, 4) is 6.07 Å². The Morgan fingerprint density at radius 2 is 1.67 bits per heavy atom. The molecule has 0 amide bonds. The third-order valence-corrected chi connectivity index (χ3v) is 6.41. The van der Waals surface area contributed by atoms with Crippen molar-refractivity contribution in [3.05, 3.63) is 64.7 Å². The summed E-state index contributed by atoms with van der Waals surface area (Å²) in [4.78, 5) is 24.6. The van der Waals surface area contributed by atoms with E-state index in [9.17, 15) is 18.0 Å². The number of ketones is 1. The van der Waals surface area contributed by atoms with E-state index in [1.165, 1.54) is 35.4 Å². The summed E-state index contributed by atoms with van der Waals surface area (Å²) in [6.07, 6.45) is 4.31. The molecule has 0 spiro atoms. The molecule has 0 aliphatic heterocycles. The molecule has 2 aromatic rings. The van der Waals surface area contributed by atoms with E-state index < -0.39 is 16.0 Å². The molecule has 1 N–H and O–H groups in total. The lowest BCUT2D eigenvalue weighted by Crippen LogP contribution is -2.24. The number of hydrogen-bond donors (Lipinski definition) is 1. The van der Waals surface area contributed by atoms with Crippen LogP contribution in [0.3, 0.4) is 0 Å². The quantitative estimate of drug-likeness (QED) is 0.394. The second kappa shape index (κ2) is 9.65. The number of benzene rings is 2. The predicted molar refractivity (Wildman–Crippen MR) is 110 cm³/mol. The van der Waals surface area contributed by atoms with Gasteiger partial charge in [0.2, 0.25) is 10.0 Å². The minimum Gasteiger partial charge on any atom is -0.454 e. The van der Waals surface area contributed by atoms with Crippen LogP contribution < -0.4 is 4.72 Å². The van der Waals surface area contributed by atoms with Gasteiger partial charge in [0, 0.05) is 18.5 Å². The van der Waals surface area contributed by atoms with Gasteiger partial charge in [-0.1, -0.05) is 12.1 Å². The lowest BCUT2D eigenvalue weighted by atomic mass is 9.90. The molecule has 0 fully saturated rings. The molecule has 1 aliphatic carbocycles. The Morgan fingerprint density at radius 3 is 2.37 bits per heavy atom. The Labute approximate surface area is 175 Å². The number of ether oxygens (including phenoxy) is 1. The molecular weight excluding hydrogens is 404 g/mol. The average Bonchev–Trinajstić information content (AvgIpc) is 2.77. The first-order valence-electron chi connectivity index (χ1n) is 9.69. The molecule has 156 valence electrons. The highest BCUT2D eigenvalue weighted by Gasteiger charge is 2.17. The molecule has 0 aromatic heterocycles. The number of nitrogens with one attached hydrogen (secondary N) is 1. The zero-order chi connectivity index (χ0) is 21.6. The van der Waals surface area contributed by atoms with Crippen molar-refractivity contribution in [2.24, 2.45) is 0 Å². The van der Waals surface area contributed by atoms with E-state index in [-0.39, 0.29) is 35.8 Å². The van der Waals surface area contributed by atoms with Gasteiger partial charge >= 0.3 is 5.97 Å². The predicted octanol–water partition coefficient (Wildman–Crippen LogP) is 2.80. The highest BCUT2D eigenvalue weighted by molar-refractivity contribution is 7.89. The third kappa shape index (κ3) is 5.32. The average molecular weight is 426 g/mol. The zero-order valence-electron chi connectivity index (χ0n) is 16.4. The van der Waals surface area contributed by atoms with Gasteiger partial charge in [-0.25, -0.2) is 17.9 Å². The van der Waals surface area contributed by atoms with Crippen LogP contribution in [0.5, 0.6) is 0 Å². The summed E-state index contributed by atoms with van der Waals surface area (Å²) in [6, 6.07) is 12.7. The molecule has 1 aliphatic rings. The van der Waals surface area contributed by atoms with Crippen molar-refractivity contribution >= 4 is 21.8 Å². The number of sulfonamides is 1. The smallest absolute Gasteiger partial charge is 0.338 e. The number of Topliss-reactive ketones (excluding diaryl/α,β-unsaturated/α-hetero) is 1. The first kappa shape index (κ1) is 21.7. The molecule has 0 atom stereocenters. The second-order valence-corrected chi connectivity index (χ2v) is 8.79. The third-order valence-electron chi connectivity index (χ3n) is 4.93. The van der Waals surface area contributed by atoms with Crippen LogP contribution in [0, 0.1) is 11.3 Å². The van der Waals surface area contributed by atoms with Crippen molar-refractivity contribution in [2.75, 3.05) is 13.2 Å². The van der Waals surface area contributed by atoms with Crippen LogP contribution in [-0.4, -0.2) is 33.3 Å². The van der Waals surface area contributed by atoms with E-state index in [0.29, 0.717) is 5.56 Å². The summed E-state index contributed by atoms with van der Waals surface area (Å²) in [5.74, 6) is -0.986. The molecule has 0 bridgehead atoms. The fraction of sp³-hybridized carbons (Fsp3) is 0.318. The topological polar surface area (TPSA) is 113 Å². The molecule has 0 unspecified atom stereocenters. The minimum atomic E-state index is -3.75. The molecule has 0 heterocycles. The Hall–Kier alpha value is -3.02. The normalized spacial score (nSPS) is 13.2. The number of aryl methyl sites for hydroxylation is 2. The Kier molecular flexibility index (Phi) is 6.98. The number of esters is 1. The van der Waals surface area contributed by atoms with E-state index >= 15 is 0 Å². The number of nitriles is 1. The Morgan fingerprint density at radius 1 is 1.00 bits per heavy atom. The summed E-state index contributed by atoms with van der Waals surface area (Å²) in [5.41, 5.74) is 3.11. The van der Waals surface area contributed by atoms with Gasteiger partial charge < -0.3 is 4.74 Å². The van der Waals surface area contributed by atoms with Crippen LogP contribution in [0.15, 0.2) is 47.4 Å². The van der Waals surface area contributed by atoms with E-state index in [2.05, 4.69) is 4.72 Å². The Bertz CT molecular complexity index is 1090. The number of fused-ring (bicyclic) bond motifs is 1. The van der Waals surface area contributed by atoms with Gasteiger partial charge in [-0.2, -0.15) is 5.26 Å². The van der Waals surface area contributed by atoms with Gasteiger partial charge in [0.25, 0.3) is 0 Å². The van der Waals surface area contributed by atoms with Crippen molar-refractivity contribution < 1.29 is 22.7 Å². The summed E-state index contributed by atoms with van der Waals surface area (Å²) < 4.78 is 31.6. The lowest BCUT2D eigenvalue weighted by molar-refractivity contribution is 0.0474. The van der Waals surface area contributed by atoms with E-state index in [1.807, 2.05) is 18.2 Å². The molecule has 2 aromatic carbocycles. The SMILES string of the molecule is N#CCCNS(=O)(=O)c1ccc(C(=O)OCC(=O)c2ccc3c(c2)CCCC3)cc1. The van der Waals surface area contributed by atoms with Crippen LogP contribution in [-0.2, 0) is 27.6 Å². The standard InChI is InChI=1S/C22H22N2O5S/c23-12-3-13-24-30(27,28)20-10-8-17(9-11-20)22(26)29-15-21(25)19-7-6-16-4-1-2-5-18(16)14-19/h6-11,14,24H,1-5,13,15H2. The molecule has 30 heavy (non-hydrogen) atoms. The van der Waals surface area contributed by atoms with Crippen molar-refractivity contribution in [1.82, 2.24) is 4.72 Å². The highest BCUT2D eigenvalue weighted by Crippen LogP contribution is 2.22. The first-order valence-corrected chi connectivity index (χ1v) is 11.2. The molecular formula is C22H22N2O5S. The second-order valence-electron chi connectivity index (χ2n) is 7.02. The van der Waals surface area contributed by atoms with E-state index in [4.69, 9.17) is 10.00 Å². The largest absolute Gasteiger partial charge is 0.454 e. The summed E-state index contributed by atoms with van der Waals surface area (Å²) >= 11 is 0. The molecule has 0 saturated heterocycles. The van der Waals surface area contributed by atoms with Crippen LogP contribution in [0.25, 0.3) is 0 Å². The number of carbonyl (C=O) groups is 2. The van der Waals surface area contributed by atoms with Gasteiger partial charge in [0.1, 0.15) is 0 Å². The van der Waals surface area contributed by atoms with Crippen molar-refractivity contribution in [2.45, 2.75) is 37.0 Å². The van der Waals surface area contributed by atoms with Crippen LogP contribution in [0.2, 0.25) is 0 Å². The number of carbonyl (C=O) groups excluding carboxylic acids is 2. The zero-order valence-corrected chi connectivity index (χ0v) is 17.2. The maximum atomic E-state index is 12.4. The lowest BCUT2D eigenvalue weighted by Gasteiger charge is -2.16. The van der Waals surface area contributed by atoms with E-state index in [0.717, 1.165) is 25.7 Å². The summed E-state index contributed by atoms with van der Waals surface area (Å²) in [7, 11) is -3.75. The first-order chi connectivity index (χ1) is 14.4. The van der Waals surface area contributed by atoms with Crippen LogP contribution in [0.1, 0.15) is 51.1 Å². The fourth-order valence-corrected chi connectivity index (χ4v) is 4.33. The minimum absolute atomic E-state index is 0.00737. The van der Waals surface area contributed by atoms with Crippen molar-refractivity contribution in [1.29, 1.82) is 5.26 Å². The molecule has 0 saturated carbocycles. The maximum Gasteiger partial charge on any atom is 0.338 e. The van der Waals surface area contributed by atoms with Gasteiger partial charge in [0.15, 0.2) is 12.4 Å². The number of hydrogen-bond acceptors (Lipinski definition) is 6. The van der Waals surface area contributed by atoms with Gasteiger partial charge in [-0.15, -0.1) is 0 Å². The highest BCUT2D eigenvalue weighted by atomic mass is 32.2. The molecule has 3 rings (SSSR count). The van der Waals surface area contributed by atoms with Gasteiger partial charge in [-0.05, 0) is 67.1 Å². The van der Waals surface area contributed by atoms with Gasteiger partial charge in [0.05, 0.1) is 16.5 Å². The molecule has 0 radical (unpaired) electrons. The van der Waals surface area contributed by atoms with Crippen LogP contribution >= 0.6 is 0 Å². The Balaban J connectivity index is 1.58. The number of rotatable bonds is 8. The van der Waals surface area contributed by atoms with Crippen LogP contribution in [0.4, 0.5) is 0 Å². The maximum absolute atomic E-state index is 12.4. The number of nitrogens with zero attached hydrogens (tertiary/aromatic N) is 1. The molecule has 7 nitrogen and oxygen atoms in total. The fourth-order valence-electron chi connectivity index (χ4n) is 3.30. The molecule has 8 heteroatoms. The van der Waals surface area contributed by atoms with Crippen molar-refractivity contribution in [3.63, 3.8) is 0 Å². The monoisotopic (exact) mass is 426 g/mol.